The normalized spacial score (nSPS) is 27.2. The number of rotatable bonds is 6. The first-order chi connectivity index (χ1) is 5.88. The SMILES string of the molecule is CCCC[C@H]1C=C[C@@H]1CCCC. The minimum atomic E-state index is 0.941. The van der Waals surface area contributed by atoms with Gasteiger partial charge in [-0.15, -0.1) is 0 Å². The maximum atomic E-state index is 2.41. The Morgan fingerprint density at radius 1 is 0.833 bits per heavy atom. The zero-order valence-corrected chi connectivity index (χ0v) is 8.55. The van der Waals surface area contributed by atoms with Crippen molar-refractivity contribution in [3.05, 3.63) is 12.2 Å². The maximum absolute atomic E-state index is 2.41. The van der Waals surface area contributed by atoms with Crippen LogP contribution in [0.1, 0.15) is 52.4 Å². The van der Waals surface area contributed by atoms with E-state index >= 15 is 0 Å². The molecule has 70 valence electrons. The number of unbranched alkanes of at least 4 members (excludes halogenated alkanes) is 2. The van der Waals surface area contributed by atoms with Crippen molar-refractivity contribution in [2.75, 3.05) is 0 Å². The Bertz CT molecular complexity index is 119. The summed E-state index contributed by atoms with van der Waals surface area (Å²) in [5.74, 6) is 1.88. The third-order valence-electron chi connectivity index (χ3n) is 2.94. The molecule has 0 amide bonds. The van der Waals surface area contributed by atoms with Crippen molar-refractivity contribution in [1.82, 2.24) is 0 Å². The second-order valence-electron chi connectivity index (χ2n) is 4.00. The van der Waals surface area contributed by atoms with Gasteiger partial charge in [-0.05, 0) is 24.7 Å². The molecule has 2 atom stereocenters. The Morgan fingerprint density at radius 3 is 1.50 bits per heavy atom. The molecule has 0 N–H and O–H groups in total. The molecule has 12 heavy (non-hydrogen) atoms. The lowest BCUT2D eigenvalue weighted by molar-refractivity contribution is 0.359. The van der Waals surface area contributed by atoms with Crippen LogP contribution in [0.2, 0.25) is 0 Å². The molecule has 0 spiro atoms. The van der Waals surface area contributed by atoms with E-state index < -0.39 is 0 Å². The van der Waals surface area contributed by atoms with Gasteiger partial charge in [-0.1, -0.05) is 51.7 Å². The Kier molecular flexibility index (Phi) is 4.42. The standard InChI is InChI=1S/C12H22/c1-3-5-7-11-9-10-12(11)8-6-4-2/h9-12H,3-8H2,1-2H3/t11-,12-/m0/s1. The van der Waals surface area contributed by atoms with Crippen molar-refractivity contribution in [1.29, 1.82) is 0 Å². The van der Waals surface area contributed by atoms with Crippen LogP contribution in [-0.2, 0) is 0 Å². The lowest BCUT2D eigenvalue weighted by Crippen LogP contribution is -2.18. The van der Waals surface area contributed by atoms with Gasteiger partial charge in [-0.2, -0.15) is 0 Å². The fourth-order valence-corrected chi connectivity index (χ4v) is 1.93. The summed E-state index contributed by atoms with van der Waals surface area (Å²) in [6.45, 7) is 4.56. The van der Waals surface area contributed by atoms with Crippen LogP contribution in [0.4, 0.5) is 0 Å². The van der Waals surface area contributed by atoms with Crippen LogP contribution in [-0.4, -0.2) is 0 Å². The molecule has 0 aromatic heterocycles. The van der Waals surface area contributed by atoms with Crippen LogP contribution in [0, 0.1) is 11.8 Å². The fraction of sp³-hybridized carbons (Fsp3) is 0.833. The van der Waals surface area contributed by atoms with E-state index in [1.165, 1.54) is 38.5 Å². The zero-order chi connectivity index (χ0) is 8.81. The van der Waals surface area contributed by atoms with Crippen LogP contribution < -0.4 is 0 Å². The van der Waals surface area contributed by atoms with E-state index in [4.69, 9.17) is 0 Å². The summed E-state index contributed by atoms with van der Waals surface area (Å²) in [7, 11) is 0. The van der Waals surface area contributed by atoms with E-state index in [0.717, 1.165) is 11.8 Å². The molecule has 1 aliphatic carbocycles. The summed E-state index contributed by atoms with van der Waals surface area (Å²) >= 11 is 0. The van der Waals surface area contributed by atoms with Crippen LogP contribution in [0.3, 0.4) is 0 Å². The molecule has 0 radical (unpaired) electrons. The van der Waals surface area contributed by atoms with E-state index in [1.54, 1.807) is 0 Å². The molecule has 0 nitrogen and oxygen atoms in total. The fourth-order valence-electron chi connectivity index (χ4n) is 1.93. The van der Waals surface area contributed by atoms with Crippen molar-refractivity contribution in [2.45, 2.75) is 52.4 Å². The topological polar surface area (TPSA) is 0 Å². The molecule has 0 heterocycles. The van der Waals surface area contributed by atoms with Gasteiger partial charge in [0, 0.05) is 0 Å². The van der Waals surface area contributed by atoms with Gasteiger partial charge in [0.2, 0.25) is 0 Å². The Labute approximate surface area is 77.1 Å². The summed E-state index contributed by atoms with van der Waals surface area (Å²) in [5, 5.41) is 0. The Hall–Kier alpha value is -0.260. The number of hydrogen-bond acceptors (Lipinski definition) is 0. The van der Waals surface area contributed by atoms with Crippen molar-refractivity contribution in [3.8, 4) is 0 Å². The average Bonchev–Trinajstić information content (AvgIpc) is 2.04. The predicted molar refractivity (Wildman–Crippen MR) is 55.2 cm³/mol. The van der Waals surface area contributed by atoms with Gasteiger partial charge >= 0.3 is 0 Å². The van der Waals surface area contributed by atoms with Crippen molar-refractivity contribution in [3.63, 3.8) is 0 Å². The Balaban J connectivity index is 2.08. The van der Waals surface area contributed by atoms with Gasteiger partial charge in [0.1, 0.15) is 0 Å². The van der Waals surface area contributed by atoms with Gasteiger partial charge in [0.15, 0.2) is 0 Å². The summed E-state index contributed by atoms with van der Waals surface area (Å²) < 4.78 is 0. The minimum absolute atomic E-state index is 0.941. The van der Waals surface area contributed by atoms with E-state index in [-0.39, 0.29) is 0 Å². The molecule has 0 saturated carbocycles. The highest BCUT2D eigenvalue weighted by Gasteiger charge is 2.22. The summed E-state index contributed by atoms with van der Waals surface area (Å²) in [6.07, 6.45) is 13.2. The molecule has 0 bridgehead atoms. The summed E-state index contributed by atoms with van der Waals surface area (Å²) in [4.78, 5) is 0. The van der Waals surface area contributed by atoms with Crippen LogP contribution in [0.15, 0.2) is 12.2 Å². The molecule has 1 aliphatic rings. The van der Waals surface area contributed by atoms with E-state index in [0.29, 0.717) is 0 Å². The Morgan fingerprint density at radius 2 is 1.25 bits per heavy atom. The minimum Gasteiger partial charge on any atom is -0.0845 e. The maximum Gasteiger partial charge on any atom is -0.0170 e. The van der Waals surface area contributed by atoms with Gasteiger partial charge in [0.25, 0.3) is 0 Å². The molecular formula is C12H22. The first kappa shape index (κ1) is 9.83. The van der Waals surface area contributed by atoms with Gasteiger partial charge in [0.05, 0.1) is 0 Å². The lowest BCUT2D eigenvalue weighted by atomic mass is 9.76. The van der Waals surface area contributed by atoms with Crippen molar-refractivity contribution >= 4 is 0 Å². The first-order valence-corrected chi connectivity index (χ1v) is 5.56. The van der Waals surface area contributed by atoms with Gasteiger partial charge in [-0.3, -0.25) is 0 Å². The zero-order valence-electron chi connectivity index (χ0n) is 8.55. The van der Waals surface area contributed by atoms with Gasteiger partial charge in [-0.25, -0.2) is 0 Å². The monoisotopic (exact) mass is 166 g/mol. The van der Waals surface area contributed by atoms with Crippen LogP contribution in [0.25, 0.3) is 0 Å². The van der Waals surface area contributed by atoms with Crippen molar-refractivity contribution < 1.29 is 0 Å². The lowest BCUT2D eigenvalue weighted by Gasteiger charge is -2.29. The molecule has 0 unspecified atom stereocenters. The molecule has 0 aromatic rings. The quantitative estimate of drug-likeness (QED) is 0.519. The molecule has 0 aliphatic heterocycles. The predicted octanol–water partition coefficient (Wildman–Crippen LogP) is 4.17. The summed E-state index contributed by atoms with van der Waals surface area (Å²) in [6, 6.07) is 0. The van der Waals surface area contributed by atoms with Crippen LogP contribution in [0.5, 0.6) is 0 Å². The van der Waals surface area contributed by atoms with E-state index in [9.17, 15) is 0 Å². The van der Waals surface area contributed by atoms with Gasteiger partial charge < -0.3 is 0 Å². The first-order valence-electron chi connectivity index (χ1n) is 5.56. The molecule has 0 heteroatoms. The molecular weight excluding hydrogens is 144 g/mol. The summed E-state index contributed by atoms with van der Waals surface area (Å²) in [5.41, 5.74) is 0. The smallest absolute Gasteiger partial charge is 0.0170 e. The second kappa shape index (κ2) is 5.40. The molecule has 0 aromatic carbocycles. The highest BCUT2D eigenvalue weighted by atomic mass is 14.3. The van der Waals surface area contributed by atoms with E-state index in [2.05, 4.69) is 26.0 Å². The number of hydrogen-bond donors (Lipinski definition) is 0. The molecule has 0 saturated heterocycles. The largest absolute Gasteiger partial charge is 0.0845 e. The number of allylic oxidation sites excluding steroid dienone is 2. The average molecular weight is 166 g/mol. The van der Waals surface area contributed by atoms with Crippen LogP contribution >= 0.6 is 0 Å². The third-order valence-corrected chi connectivity index (χ3v) is 2.94. The third kappa shape index (κ3) is 2.66. The highest BCUT2D eigenvalue weighted by molar-refractivity contribution is 5.08. The molecule has 0 fully saturated rings. The second-order valence-corrected chi connectivity index (χ2v) is 4.00. The van der Waals surface area contributed by atoms with E-state index in [1.807, 2.05) is 0 Å². The molecule has 1 rings (SSSR count). The van der Waals surface area contributed by atoms with Crippen molar-refractivity contribution in [2.24, 2.45) is 11.8 Å². The highest BCUT2D eigenvalue weighted by Crippen LogP contribution is 2.33.